The van der Waals surface area contributed by atoms with Crippen molar-refractivity contribution in [1.82, 2.24) is 9.71 Å². The maximum absolute atomic E-state index is 12.1. The molecule has 1 aromatic carbocycles. The summed E-state index contributed by atoms with van der Waals surface area (Å²) in [6.45, 7) is 1.72. The van der Waals surface area contributed by atoms with Crippen LogP contribution in [0.1, 0.15) is 12.5 Å². The largest absolute Gasteiger partial charge is 0.367 e. The second kappa shape index (κ2) is 6.55. The molecular weight excluding hydrogens is 290 g/mol. The number of hydrogen-bond donors (Lipinski definition) is 3. The van der Waals surface area contributed by atoms with Gasteiger partial charge in [0.05, 0.1) is 4.90 Å². The van der Waals surface area contributed by atoms with Gasteiger partial charge in [-0.1, -0.05) is 0 Å². The molecule has 0 radical (unpaired) electrons. The first kappa shape index (κ1) is 15.3. The van der Waals surface area contributed by atoms with E-state index in [2.05, 4.69) is 15.0 Å². The Morgan fingerprint density at radius 2 is 1.90 bits per heavy atom. The van der Waals surface area contributed by atoms with Crippen LogP contribution in [0.3, 0.4) is 0 Å². The summed E-state index contributed by atoms with van der Waals surface area (Å²) in [4.78, 5) is 14.0. The summed E-state index contributed by atoms with van der Waals surface area (Å²) < 4.78 is 26.7. The number of carbonyl (C=O) groups excluding carboxylic acids is 1. The number of sulfonamides is 1. The third-order valence-electron chi connectivity index (χ3n) is 2.85. The van der Waals surface area contributed by atoms with Crippen LogP contribution in [0.2, 0.25) is 0 Å². The maximum atomic E-state index is 12.1. The van der Waals surface area contributed by atoms with Crippen LogP contribution in [0, 0.1) is 0 Å². The molecule has 0 saturated carbocycles. The van der Waals surface area contributed by atoms with Crippen LogP contribution in [0.4, 0.5) is 5.69 Å². The van der Waals surface area contributed by atoms with E-state index in [0.717, 1.165) is 5.56 Å². The van der Waals surface area contributed by atoms with Crippen LogP contribution in [-0.2, 0) is 21.2 Å². The second-order valence-electron chi connectivity index (χ2n) is 4.57. The van der Waals surface area contributed by atoms with Crippen molar-refractivity contribution in [2.75, 3.05) is 11.9 Å². The molecule has 2 aromatic rings. The predicted octanol–water partition coefficient (Wildman–Crippen LogP) is 1.49. The Morgan fingerprint density at radius 3 is 2.48 bits per heavy atom. The summed E-state index contributed by atoms with van der Waals surface area (Å²) in [6.07, 6.45) is 4.24. The molecule has 0 aliphatic heterocycles. The molecular formula is C14H17N3O3S. The number of hydrogen-bond acceptors (Lipinski definition) is 3. The number of H-pyrrole nitrogens is 1. The van der Waals surface area contributed by atoms with E-state index < -0.39 is 10.0 Å². The Kier molecular flexibility index (Phi) is 4.77. The van der Waals surface area contributed by atoms with E-state index in [1.807, 2.05) is 12.3 Å². The zero-order valence-corrected chi connectivity index (χ0v) is 12.4. The number of rotatable bonds is 6. The first-order valence-corrected chi connectivity index (χ1v) is 7.95. The fourth-order valence-electron chi connectivity index (χ4n) is 1.85. The quantitative estimate of drug-likeness (QED) is 0.755. The zero-order chi connectivity index (χ0) is 15.3. The molecule has 0 spiro atoms. The number of aromatic nitrogens is 1. The maximum Gasteiger partial charge on any atom is 0.240 e. The van der Waals surface area contributed by atoms with E-state index in [1.165, 1.54) is 19.1 Å². The Labute approximate surface area is 123 Å². The van der Waals surface area contributed by atoms with Crippen LogP contribution in [0.25, 0.3) is 0 Å². The lowest BCUT2D eigenvalue weighted by Gasteiger charge is -2.07. The molecule has 0 atom stereocenters. The predicted molar refractivity (Wildman–Crippen MR) is 80.4 cm³/mol. The summed E-state index contributed by atoms with van der Waals surface area (Å²) in [7, 11) is -3.53. The minimum Gasteiger partial charge on any atom is -0.367 e. The Morgan fingerprint density at radius 1 is 1.19 bits per heavy atom. The van der Waals surface area contributed by atoms with Crippen molar-refractivity contribution in [2.24, 2.45) is 0 Å². The van der Waals surface area contributed by atoms with Gasteiger partial charge in [0.15, 0.2) is 0 Å². The molecule has 2 rings (SSSR count). The molecule has 0 saturated heterocycles. The molecule has 1 aromatic heterocycles. The van der Waals surface area contributed by atoms with Gasteiger partial charge in [-0.05, 0) is 42.3 Å². The zero-order valence-electron chi connectivity index (χ0n) is 11.6. The van der Waals surface area contributed by atoms with Crippen molar-refractivity contribution < 1.29 is 13.2 Å². The molecule has 0 aliphatic rings. The topological polar surface area (TPSA) is 91.1 Å². The van der Waals surface area contributed by atoms with Crippen LogP contribution in [0.5, 0.6) is 0 Å². The van der Waals surface area contributed by atoms with Crippen molar-refractivity contribution in [1.29, 1.82) is 0 Å². The Hall–Kier alpha value is -2.12. The molecule has 112 valence electrons. The highest BCUT2D eigenvalue weighted by Crippen LogP contribution is 2.14. The number of carbonyl (C=O) groups is 1. The van der Waals surface area contributed by atoms with E-state index in [4.69, 9.17) is 0 Å². The number of benzene rings is 1. The first-order chi connectivity index (χ1) is 9.97. The van der Waals surface area contributed by atoms with E-state index in [0.29, 0.717) is 18.7 Å². The van der Waals surface area contributed by atoms with Crippen LogP contribution in [-0.4, -0.2) is 25.9 Å². The molecule has 1 heterocycles. The fraction of sp³-hybridized carbons (Fsp3) is 0.214. The van der Waals surface area contributed by atoms with Crippen molar-refractivity contribution in [3.63, 3.8) is 0 Å². The number of amides is 1. The lowest BCUT2D eigenvalue weighted by molar-refractivity contribution is -0.114. The lowest BCUT2D eigenvalue weighted by atomic mass is 10.2. The van der Waals surface area contributed by atoms with Crippen molar-refractivity contribution >= 4 is 21.6 Å². The summed E-state index contributed by atoms with van der Waals surface area (Å²) in [6, 6.07) is 7.94. The highest BCUT2D eigenvalue weighted by Gasteiger charge is 2.13. The fourth-order valence-corrected chi connectivity index (χ4v) is 2.88. The SMILES string of the molecule is CC(=O)Nc1ccc(S(=O)(=O)NCCc2cc[nH]c2)cc1. The molecule has 0 aliphatic carbocycles. The molecule has 7 heteroatoms. The summed E-state index contributed by atoms with van der Waals surface area (Å²) in [5.74, 6) is -0.199. The highest BCUT2D eigenvalue weighted by atomic mass is 32.2. The second-order valence-corrected chi connectivity index (χ2v) is 6.34. The van der Waals surface area contributed by atoms with E-state index in [9.17, 15) is 13.2 Å². The van der Waals surface area contributed by atoms with E-state index >= 15 is 0 Å². The highest BCUT2D eigenvalue weighted by molar-refractivity contribution is 7.89. The van der Waals surface area contributed by atoms with Crippen molar-refractivity contribution in [3.05, 3.63) is 48.3 Å². The monoisotopic (exact) mass is 307 g/mol. The van der Waals surface area contributed by atoms with Gasteiger partial charge in [-0.3, -0.25) is 4.79 Å². The molecule has 21 heavy (non-hydrogen) atoms. The molecule has 1 amide bonds. The van der Waals surface area contributed by atoms with Gasteiger partial charge in [0.2, 0.25) is 15.9 Å². The van der Waals surface area contributed by atoms with E-state index in [1.54, 1.807) is 18.3 Å². The number of nitrogens with one attached hydrogen (secondary N) is 3. The van der Waals surface area contributed by atoms with Gasteiger partial charge < -0.3 is 10.3 Å². The summed E-state index contributed by atoms with van der Waals surface area (Å²) >= 11 is 0. The van der Waals surface area contributed by atoms with Gasteiger partial charge >= 0.3 is 0 Å². The van der Waals surface area contributed by atoms with Crippen LogP contribution >= 0.6 is 0 Å². The average Bonchev–Trinajstić information content (AvgIpc) is 2.91. The molecule has 3 N–H and O–H groups in total. The summed E-state index contributed by atoms with van der Waals surface area (Å²) in [5, 5.41) is 2.59. The van der Waals surface area contributed by atoms with Crippen molar-refractivity contribution in [2.45, 2.75) is 18.2 Å². The number of anilines is 1. The smallest absolute Gasteiger partial charge is 0.240 e. The van der Waals surface area contributed by atoms with Gasteiger partial charge in [0.1, 0.15) is 0 Å². The standard InChI is InChI=1S/C14H17N3O3S/c1-11(18)17-13-2-4-14(5-3-13)21(19,20)16-9-7-12-6-8-15-10-12/h2-6,8,10,15-16H,7,9H2,1H3,(H,17,18). The van der Waals surface area contributed by atoms with Gasteiger partial charge in [-0.15, -0.1) is 0 Å². The average molecular weight is 307 g/mol. The molecule has 6 nitrogen and oxygen atoms in total. The third kappa shape index (κ3) is 4.44. The minimum absolute atomic E-state index is 0.172. The van der Waals surface area contributed by atoms with Gasteiger partial charge in [0.25, 0.3) is 0 Å². The Balaban J connectivity index is 1.96. The van der Waals surface area contributed by atoms with Crippen LogP contribution in [0.15, 0.2) is 47.6 Å². The lowest BCUT2D eigenvalue weighted by Crippen LogP contribution is -2.25. The molecule has 0 fully saturated rings. The van der Waals surface area contributed by atoms with Crippen molar-refractivity contribution in [3.8, 4) is 0 Å². The van der Waals surface area contributed by atoms with Gasteiger partial charge in [-0.2, -0.15) is 0 Å². The van der Waals surface area contributed by atoms with Crippen LogP contribution < -0.4 is 10.0 Å². The Bertz CT molecular complexity index is 692. The van der Waals surface area contributed by atoms with E-state index in [-0.39, 0.29) is 10.8 Å². The first-order valence-electron chi connectivity index (χ1n) is 6.46. The van der Waals surface area contributed by atoms with Gasteiger partial charge in [0, 0.05) is 31.5 Å². The molecule has 0 unspecified atom stereocenters. The minimum atomic E-state index is -3.53. The normalized spacial score (nSPS) is 11.3. The molecule has 0 bridgehead atoms. The summed E-state index contributed by atoms with van der Waals surface area (Å²) in [5.41, 5.74) is 1.60. The van der Waals surface area contributed by atoms with Gasteiger partial charge in [-0.25, -0.2) is 13.1 Å². The third-order valence-corrected chi connectivity index (χ3v) is 4.33. The number of aromatic amines is 1.